The summed E-state index contributed by atoms with van der Waals surface area (Å²) < 4.78 is 1.94. The van der Waals surface area contributed by atoms with Crippen LogP contribution < -0.4 is 11.1 Å². The second-order valence-electron chi connectivity index (χ2n) is 6.79. The standard InChI is InChI=1S/C19H20N4O2S2/c1-11-5-6-13-14(8-11)27-18(16(13)17(20)25)22-15(24)10-26-19-21-9-12-4-2-3-7-23(12)19/h2-4,7,9,11H,5-6,8,10H2,1H3,(H2,20,25)(H,22,24). The monoisotopic (exact) mass is 400 g/mol. The molecule has 0 radical (unpaired) electrons. The fourth-order valence-corrected chi connectivity index (χ4v) is 5.62. The van der Waals surface area contributed by atoms with Gasteiger partial charge in [-0.25, -0.2) is 4.98 Å². The van der Waals surface area contributed by atoms with Gasteiger partial charge in [-0.1, -0.05) is 24.8 Å². The van der Waals surface area contributed by atoms with Gasteiger partial charge in [-0.2, -0.15) is 0 Å². The highest BCUT2D eigenvalue weighted by molar-refractivity contribution is 7.99. The number of carbonyl (C=O) groups is 2. The summed E-state index contributed by atoms with van der Waals surface area (Å²) in [6, 6.07) is 5.84. The summed E-state index contributed by atoms with van der Waals surface area (Å²) in [6.07, 6.45) is 6.52. The Morgan fingerprint density at radius 2 is 2.30 bits per heavy atom. The maximum atomic E-state index is 12.5. The van der Waals surface area contributed by atoms with Gasteiger partial charge in [0, 0.05) is 11.1 Å². The fourth-order valence-electron chi connectivity index (χ4n) is 3.42. The van der Waals surface area contributed by atoms with Gasteiger partial charge >= 0.3 is 0 Å². The fraction of sp³-hybridized carbons (Fsp3) is 0.316. The number of imidazole rings is 1. The Kier molecular flexibility index (Phi) is 4.92. The number of amides is 2. The molecule has 0 aliphatic heterocycles. The smallest absolute Gasteiger partial charge is 0.251 e. The first kappa shape index (κ1) is 18.1. The number of hydrogen-bond donors (Lipinski definition) is 2. The second kappa shape index (κ2) is 7.36. The van der Waals surface area contributed by atoms with Gasteiger partial charge in [0.05, 0.1) is 23.0 Å². The maximum absolute atomic E-state index is 12.5. The zero-order chi connectivity index (χ0) is 19.0. The van der Waals surface area contributed by atoms with Crippen LogP contribution in [0.4, 0.5) is 5.00 Å². The van der Waals surface area contributed by atoms with E-state index in [1.807, 2.05) is 28.8 Å². The maximum Gasteiger partial charge on any atom is 0.251 e. The van der Waals surface area contributed by atoms with Gasteiger partial charge in [0.2, 0.25) is 5.91 Å². The number of rotatable bonds is 5. The Morgan fingerprint density at radius 1 is 1.44 bits per heavy atom. The molecular weight excluding hydrogens is 380 g/mol. The molecule has 1 atom stereocenters. The molecule has 8 heteroatoms. The van der Waals surface area contributed by atoms with Crippen LogP contribution in [0.15, 0.2) is 35.7 Å². The summed E-state index contributed by atoms with van der Waals surface area (Å²) in [5.41, 5.74) is 8.10. The van der Waals surface area contributed by atoms with Crippen LogP contribution in [0, 0.1) is 5.92 Å². The Hall–Kier alpha value is -2.32. The molecule has 0 spiro atoms. The van der Waals surface area contributed by atoms with Gasteiger partial charge in [0.1, 0.15) is 5.00 Å². The van der Waals surface area contributed by atoms with E-state index >= 15 is 0 Å². The van der Waals surface area contributed by atoms with Crippen LogP contribution in [0.5, 0.6) is 0 Å². The highest BCUT2D eigenvalue weighted by atomic mass is 32.2. The minimum Gasteiger partial charge on any atom is -0.365 e. The van der Waals surface area contributed by atoms with Crippen LogP contribution in [0.1, 0.15) is 34.1 Å². The Balaban J connectivity index is 1.49. The summed E-state index contributed by atoms with van der Waals surface area (Å²) in [5, 5.41) is 4.24. The SMILES string of the molecule is CC1CCc2c(sc(NC(=O)CSc3ncc4ccccn34)c2C(N)=O)C1. The lowest BCUT2D eigenvalue weighted by Crippen LogP contribution is -2.20. The third-order valence-electron chi connectivity index (χ3n) is 4.75. The van der Waals surface area contributed by atoms with E-state index in [1.54, 1.807) is 6.20 Å². The number of anilines is 1. The van der Waals surface area contributed by atoms with Crippen LogP contribution in [0.25, 0.3) is 5.52 Å². The van der Waals surface area contributed by atoms with Crippen molar-refractivity contribution in [3.05, 3.63) is 46.6 Å². The van der Waals surface area contributed by atoms with Crippen LogP contribution >= 0.6 is 23.1 Å². The third-order valence-corrected chi connectivity index (χ3v) is 6.88. The quantitative estimate of drug-likeness (QED) is 0.643. The average Bonchev–Trinajstić information content (AvgIpc) is 3.20. The number of aromatic nitrogens is 2. The predicted molar refractivity (Wildman–Crippen MR) is 109 cm³/mol. The van der Waals surface area contributed by atoms with Crippen molar-refractivity contribution in [2.24, 2.45) is 11.7 Å². The molecule has 0 fully saturated rings. The van der Waals surface area contributed by atoms with Crippen molar-refractivity contribution in [1.29, 1.82) is 0 Å². The number of pyridine rings is 1. The summed E-state index contributed by atoms with van der Waals surface area (Å²) in [7, 11) is 0. The number of nitrogens with two attached hydrogens (primary N) is 1. The lowest BCUT2D eigenvalue weighted by molar-refractivity contribution is -0.113. The molecule has 4 rings (SSSR count). The van der Waals surface area contributed by atoms with E-state index in [1.165, 1.54) is 28.0 Å². The molecule has 2 amide bonds. The van der Waals surface area contributed by atoms with Crippen molar-refractivity contribution >= 4 is 45.4 Å². The topological polar surface area (TPSA) is 89.5 Å². The van der Waals surface area contributed by atoms with Gasteiger partial charge in [-0.05, 0) is 42.9 Å². The number of thiophene rings is 1. The van der Waals surface area contributed by atoms with Crippen molar-refractivity contribution in [2.45, 2.75) is 31.3 Å². The predicted octanol–water partition coefficient (Wildman–Crippen LogP) is 3.35. The summed E-state index contributed by atoms with van der Waals surface area (Å²) >= 11 is 2.85. The zero-order valence-electron chi connectivity index (χ0n) is 14.9. The van der Waals surface area contributed by atoms with Crippen molar-refractivity contribution in [3.63, 3.8) is 0 Å². The minimum atomic E-state index is -0.468. The van der Waals surface area contributed by atoms with E-state index in [0.29, 0.717) is 16.5 Å². The van der Waals surface area contributed by atoms with Gasteiger partial charge in [0.15, 0.2) is 5.16 Å². The molecule has 0 bridgehead atoms. The second-order valence-corrected chi connectivity index (χ2v) is 8.84. The van der Waals surface area contributed by atoms with E-state index in [0.717, 1.165) is 35.5 Å². The number of nitrogens with one attached hydrogen (secondary N) is 1. The Bertz CT molecular complexity index is 1020. The highest BCUT2D eigenvalue weighted by Crippen LogP contribution is 2.39. The lowest BCUT2D eigenvalue weighted by Gasteiger charge is -2.18. The van der Waals surface area contributed by atoms with Crippen LogP contribution in [-0.2, 0) is 17.6 Å². The minimum absolute atomic E-state index is 0.165. The molecule has 3 aromatic heterocycles. The molecule has 0 saturated heterocycles. The van der Waals surface area contributed by atoms with E-state index in [9.17, 15) is 9.59 Å². The molecule has 3 aromatic rings. The van der Waals surface area contributed by atoms with Crippen LogP contribution in [0.3, 0.4) is 0 Å². The number of carbonyl (C=O) groups excluding carboxylic acids is 2. The largest absolute Gasteiger partial charge is 0.365 e. The first-order valence-corrected chi connectivity index (χ1v) is 10.6. The van der Waals surface area contributed by atoms with Gasteiger partial charge in [0.25, 0.3) is 5.91 Å². The van der Waals surface area contributed by atoms with E-state index < -0.39 is 5.91 Å². The molecule has 0 saturated carbocycles. The molecule has 1 aliphatic rings. The molecule has 0 aromatic carbocycles. The summed E-state index contributed by atoms with van der Waals surface area (Å²) in [4.78, 5) is 30.0. The molecule has 1 unspecified atom stereocenters. The van der Waals surface area contributed by atoms with Crippen molar-refractivity contribution < 1.29 is 9.59 Å². The van der Waals surface area contributed by atoms with Crippen LogP contribution in [-0.4, -0.2) is 27.0 Å². The number of fused-ring (bicyclic) bond motifs is 2. The summed E-state index contributed by atoms with van der Waals surface area (Å²) in [6.45, 7) is 2.20. The van der Waals surface area contributed by atoms with Gasteiger partial charge in [-0.3, -0.25) is 14.0 Å². The molecule has 1 aliphatic carbocycles. The third kappa shape index (κ3) is 3.59. The first-order valence-electron chi connectivity index (χ1n) is 8.82. The molecule has 140 valence electrons. The zero-order valence-corrected chi connectivity index (χ0v) is 16.5. The molecule has 3 heterocycles. The highest BCUT2D eigenvalue weighted by Gasteiger charge is 2.27. The normalized spacial score (nSPS) is 16.3. The number of primary amides is 1. The number of thioether (sulfide) groups is 1. The number of nitrogens with zero attached hydrogens (tertiary/aromatic N) is 2. The van der Waals surface area contributed by atoms with Crippen molar-refractivity contribution in [3.8, 4) is 0 Å². The number of hydrogen-bond acceptors (Lipinski definition) is 5. The van der Waals surface area contributed by atoms with Crippen molar-refractivity contribution in [2.75, 3.05) is 11.1 Å². The lowest BCUT2D eigenvalue weighted by atomic mass is 9.88. The van der Waals surface area contributed by atoms with Gasteiger partial charge < -0.3 is 11.1 Å². The molecule has 3 N–H and O–H groups in total. The average molecular weight is 401 g/mol. The van der Waals surface area contributed by atoms with Gasteiger partial charge in [-0.15, -0.1) is 11.3 Å². The summed E-state index contributed by atoms with van der Waals surface area (Å²) in [5.74, 6) is 0.168. The molecule has 27 heavy (non-hydrogen) atoms. The Labute approximate surface area is 165 Å². The molecule has 6 nitrogen and oxygen atoms in total. The molecular formula is C19H20N4O2S2. The van der Waals surface area contributed by atoms with Crippen molar-refractivity contribution in [1.82, 2.24) is 9.38 Å². The van der Waals surface area contributed by atoms with E-state index in [2.05, 4.69) is 17.2 Å². The van der Waals surface area contributed by atoms with E-state index in [-0.39, 0.29) is 11.7 Å². The Morgan fingerprint density at radius 3 is 3.11 bits per heavy atom. The first-order chi connectivity index (χ1) is 13.0. The van der Waals surface area contributed by atoms with E-state index in [4.69, 9.17) is 5.73 Å². The van der Waals surface area contributed by atoms with Crippen LogP contribution in [0.2, 0.25) is 0 Å².